The van der Waals surface area contributed by atoms with E-state index in [0.29, 0.717) is 12.8 Å². The number of carbonyl (C=O) groups is 1. The van der Waals surface area contributed by atoms with E-state index in [1.54, 1.807) is 37.6 Å². The summed E-state index contributed by atoms with van der Waals surface area (Å²) in [6.07, 6.45) is 6.09. The van der Waals surface area contributed by atoms with Gasteiger partial charge in [0.15, 0.2) is 0 Å². The van der Waals surface area contributed by atoms with Crippen molar-refractivity contribution in [1.82, 2.24) is 14.9 Å². The van der Waals surface area contributed by atoms with Crippen LogP contribution in [0.3, 0.4) is 0 Å². The molecule has 0 atom stereocenters. The second-order valence-corrected chi connectivity index (χ2v) is 2.98. The summed E-state index contributed by atoms with van der Waals surface area (Å²) in [7, 11) is 3.50. The molecule has 0 aliphatic carbocycles. The lowest BCUT2D eigenvalue weighted by Crippen LogP contribution is -2.21. The summed E-state index contributed by atoms with van der Waals surface area (Å²) < 4.78 is 0. The highest BCUT2D eigenvalue weighted by Crippen LogP contribution is 1.97. The molecule has 0 aliphatic heterocycles. The van der Waals surface area contributed by atoms with Gasteiger partial charge in [0.2, 0.25) is 5.91 Å². The second-order valence-electron chi connectivity index (χ2n) is 2.98. The zero-order valence-electron chi connectivity index (χ0n) is 7.90. The average molecular weight is 179 g/mol. The Morgan fingerprint density at radius 3 is 2.77 bits per heavy atom. The SMILES string of the molecule is CN(C)C(=O)CCc1cnccn1. The molecule has 0 bridgehead atoms. The molecule has 0 fully saturated rings. The molecule has 4 heteroatoms. The van der Waals surface area contributed by atoms with E-state index in [2.05, 4.69) is 9.97 Å². The molecule has 4 nitrogen and oxygen atoms in total. The fourth-order valence-electron chi connectivity index (χ4n) is 0.918. The van der Waals surface area contributed by atoms with Crippen LogP contribution in [0.25, 0.3) is 0 Å². The van der Waals surface area contributed by atoms with E-state index >= 15 is 0 Å². The van der Waals surface area contributed by atoms with Crippen LogP contribution in [-0.2, 0) is 11.2 Å². The Morgan fingerprint density at radius 2 is 2.23 bits per heavy atom. The first-order valence-electron chi connectivity index (χ1n) is 4.15. The van der Waals surface area contributed by atoms with Crippen molar-refractivity contribution in [2.75, 3.05) is 14.1 Å². The lowest BCUT2D eigenvalue weighted by molar-refractivity contribution is -0.128. The van der Waals surface area contributed by atoms with Gasteiger partial charge < -0.3 is 4.90 Å². The normalized spacial score (nSPS) is 9.69. The third kappa shape index (κ3) is 3.19. The fourth-order valence-corrected chi connectivity index (χ4v) is 0.918. The average Bonchev–Trinajstić information content (AvgIpc) is 2.15. The molecule has 0 radical (unpaired) electrons. The van der Waals surface area contributed by atoms with E-state index in [-0.39, 0.29) is 5.91 Å². The Bertz CT molecular complexity index is 271. The Hall–Kier alpha value is -1.45. The van der Waals surface area contributed by atoms with Crippen LogP contribution in [0.1, 0.15) is 12.1 Å². The van der Waals surface area contributed by atoms with Crippen molar-refractivity contribution in [3.05, 3.63) is 24.3 Å². The number of amides is 1. The van der Waals surface area contributed by atoms with Gasteiger partial charge in [-0.05, 0) is 6.42 Å². The van der Waals surface area contributed by atoms with Gasteiger partial charge in [0.1, 0.15) is 0 Å². The van der Waals surface area contributed by atoms with Crippen molar-refractivity contribution in [2.24, 2.45) is 0 Å². The zero-order chi connectivity index (χ0) is 9.68. The van der Waals surface area contributed by atoms with Crippen LogP contribution in [0, 0.1) is 0 Å². The minimum atomic E-state index is 0.116. The minimum absolute atomic E-state index is 0.116. The number of hydrogen-bond acceptors (Lipinski definition) is 3. The van der Waals surface area contributed by atoms with Crippen LogP contribution in [0.2, 0.25) is 0 Å². The standard InChI is InChI=1S/C9H13N3O/c1-12(2)9(13)4-3-8-7-10-5-6-11-8/h5-7H,3-4H2,1-2H3. The molecule has 0 aromatic carbocycles. The molecule has 1 rings (SSSR count). The van der Waals surface area contributed by atoms with E-state index in [9.17, 15) is 4.79 Å². The summed E-state index contributed by atoms with van der Waals surface area (Å²) in [6.45, 7) is 0. The summed E-state index contributed by atoms with van der Waals surface area (Å²) in [5.74, 6) is 0.116. The van der Waals surface area contributed by atoms with Gasteiger partial charge in [0.25, 0.3) is 0 Å². The largest absolute Gasteiger partial charge is 0.349 e. The molecule has 0 unspecified atom stereocenters. The minimum Gasteiger partial charge on any atom is -0.349 e. The molecule has 1 aromatic rings. The Morgan fingerprint density at radius 1 is 1.46 bits per heavy atom. The highest BCUT2D eigenvalue weighted by Gasteiger charge is 2.04. The molecule has 1 heterocycles. The van der Waals surface area contributed by atoms with Crippen molar-refractivity contribution in [3.63, 3.8) is 0 Å². The van der Waals surface area contributed by atoms with E-state index in [4.69, 9.17) is 0 Å². The molecule has 0 saturated heterocycles. The van der Waals surface area contributed by atoms with Gasteiger partial charge in [0, 0.05) is 39.1 Å². The predicted octanol–water partition coefficient (Wildman–Crippen LogP) is 0.497. The molecule has 13 heavy (non-hydrogen) atoms. The van der Waals surface area contributed by atoms with Gasteiger partial charge in [-0.15, -0.1) is 0 Å². The van der Waals surface area contributed by atoms with Crippen LogP contribution in [-0.4, -0.2) is 34.9 Å². The van der Waals surface area contributed by atoms with Gasteiger partial charge in [0.05, 0.1) is 5.69 Å². The number of rotatable bonds is 3. The van der Waals surface area contributed by atoms with E-state index in [1.807, 2.05) is 0 Å². The number of aromatic nitrogens is 2. The van der Waals surface area contributed by atoms with Crippen LogP contribution in [0.4, 0.5) is 0 Å². The topological polar surface area (TPSA) is 46.1 Å². The maximum absolute atomic E-state index is 11.2. The molecule has 0 saturated carbocycles. The van der Waals surface area contributed by atoms with Crippen LogP contribution >= 0.6 is 0 Å². The maximum atomic E-state index is 11.2. The smallest absolute Gasteiger partial charge is 0.222 e. The molecule has 0 spiro atoms. The number of aryl methyl sites for hydroxylation is 1. The fraction of sp³-hybridized carbons (Fsp3) is 0.444. The molecule has 0 N–H and O–H groups in total. The van der Waals surface area contributed by atoms with Crippen molar-refractivity contribution in [2.45, 2.75) is 12.8 Å². The Labute approximate surface area is 77.6 Å². The monoisotopic (exact) mass is 179 g/mol. The Kier molecular flexibility index (Phi) is 3.37. The van der Waals surface area contributed by atoms with E-state index in [1.165, 1.54) is 0 Å². The van der Waals surface area contributed by atoms with Crippen molar-refractivity contribution >= 4 is 5.91 Å². The third-order valence-corrected chi connectivity index (χ3v) is 1.71. The third-order valence-electron chi connectivity index (χ3n) is 1.71. The number of nitrogens with zero attached hydrogens (tertiary/aromatic N) is 3. The molecule has 1 amide bonds. The summed E-state index contributed by atoms with van der Waals surface area (Å²) in [5, 5.41) is 0. The van der Waals surface area contributed by atoms with Crippen LogP contribution < -0.4 is 0 Å². The quantitative estimate of drug-likeness (QED) is 0.678. The highest BCUT2D eigenvalue weighted by atomic mass is 16.2. The first-order valence-corrected chi connectivity index (χ1v) is 4.15. The molecular formula is C9H13N3O. The summed E-state index contributed by atoms with van der Waals surface area (Å²) in [4.78, 5) is 20.8. The lowest BCUT2D eigenvalue weighted by Gasteiger charge is -2.08. The van der Waals surface area contributed by atoms with Crippen molar-refractivity contribution in [3.8, 4) is 0 Å². The summed E-state index contributed by atoms with van der Waals surface area (Å²) in [6, 6.07) is 0. The van der Waals surface area contributed by atoms with Crippen molar-refractivity contribution in [1.29, 1.82) is 0 Å². The first-order chi connectivity index (χ1) is 6.20. The lowest BCUT2D eigenvalue weighted by atomic mass is 10.2. The molecular weight excluding hydrogens is 166 g/mol. The van der Waals surface area contributed by atoms with Gasteiger partial charge in [-0.2, -0.15) is 0 Å². The van der Waals surface area contributed by atoms with Crippen LogP contribution in [0.5, 0.6) is 0 Å². The molecule has 1 aromatic heterocycles. The van der Waals surface area contributed by atoms with E-state index < -0.39 is 0 Å². The highest BCUT2D eigenvalue weighted by molar-refractivity contribution is 5.75. The summed E-state index contributed by atoms with van der Waals surface area (Å²) >= 11 is 0. The molecule has 0 aliphatic rings. The first kappa shape index (κ1) is 9.64. The predicted molar refractivity (Wildman–Crippen MR) is 49.0 cm³/mol. The van der Waals surface area contributed by atoms with Crippen molar-refractivity contribution < 1.29 is 4.79 Å². The number of hydrogen-bond donors (Lipinski definition) is 0. The number of carbonyl (C=O) groups excluding carboxylic acids is 1. The van der Waals surface area contributed by atoms with Gasteiger partial charge in [-0.25, -0.2) is 0 Å². The maximum Gasteiger partial charge on any atom is 0.222 e. The van der Waals surface area contributed by atoms with E-state index in [0.717, 1.165) is 5.69 Å². The molecule has 70 valence electrons. The summed E-state index contributed by atoms with van der Waals surface area (Å²) in [5.41, 5.74) is 0.859. The van der Waals surface area contributed by atoms with Gasteiger partial charge in [-0.1, -0.05) is 0 Å². The van der Waals surface area contributed by atoms with Crippen LogP contribution in [0.15, 0.2) is 18.6 Å². The Balaban J connectivity index is 2.40. The zero-order valence-corrected chi connectivity index (χ0v) is 7.90. The second kappa shape index (κ2) is 4.54. The van der Waals surface area contributed by atoms with Gasteiger partial charge in [-0.3, -0.25) is 14.8 Å². The van der Waals surface area contributed by atoms with Gasteiger partial charge >= 0.3 is 0 Å².